The number of benzene rings is 1. The zero-order valence-corrected chi connectivity index (χ0v) is 14.0. The van der Waals surface area contributed by atoms with Crippen molar-refractivity contribution in [3.8, 4) is 11.5 Å². The summed E-state index contributed by atoms with van der Waals surface area (Å²) in [4.78, 5) is 16.3. The molecule has 6 heteroatoms. The van der Waals surface area contributed by atoms with Crippen molar-refractivity contribution in [1.29, 1.82) is 0 Å². The molecule has 0 fully saturated rings. The van der Waals surface area contributed by atoms with E-state index in [1.54, 1.807) is 0 Å². The number of halogens is 1. The molecule has 0 aliphatic rings. The van der Waals surface area contributed by atoms with Crippen molar-refractivity contribution in [1.82, 2.24) is 4.98 Å². The molecule has 23 heavy (non-hydrogen) atoms. The van der Waals surface area contributed by atoms with Gasteiger partial charge in [-0.25, -0.2) is 4.98 Å². The highest BCUT2D eigenvalue weighted by Gasteiger charge is 2.21. The van der Waals surface area contributed by atoms with Gasteiger partial charge in [0, 0.05) is 0 Å². The number of hydrogen-bond acceptors (Lipinski definition) is 4. The van der Waals surface area contributed by atoms with Gasteiger partial charge in [0.1, 0.15) is 10.9 Å². The first-order valence-corrected chi connectivity index (χ1v) is 7.68. The topological polar surface area (TPSA) is 71.5 Å². The normalized spacial score (nSPS) is 11.8. The summed E-state index contributed by atoms with van der Waals surface area (Å²) in [6.07, 6.45) is -0.225. The molecular weight excluding hydrogens is 316 g/mol. The molecule has 0 saturated heterocycles. The molecule has 1 atom stereocenters. The molecule has 122 valence electrons. The Bertz CT molecular complexity index is 719. The molecule has 0 bridgehead atoms. The van der Waals surface area contributed by atoms with Crippen molar-refractivity contribution in [2.24, 2.45) is 0 Å². The van der Waals surface area contributed by atoms with Gasteiger partial charge in [0.15, 0.2) is 17.7 Å². The van der Waals surface area contributed by atoms with E-state index in [9.17, 15) is 9.90 Å². The van der Waals surface area contributed by atoms with Gasteiger partial charge in [-0.05, 0) is 44.0 Å². The van der Waals surface area contributed by atoms with Crippen molar-refractivity contribution >= 4 is 23.3 Å². The van der Waals surface area contributed by atoms with Gasteiger partial charge in [0.25, 0.3) is 5.91 Å². The van der Waals surface area contributed by atoms with Crippen LogP contribution in [0.1, 0.15) is 24.5 Å². The molecule has 0 aliphatic carbocycles. The third-order valence-electron chi connectivity index (χ3n) is 3.34. The number of carbonyl (C=O) groups is 1. The molecule has 1 heterocycles. The van der Waals surface area contributed by atoms with Crippen molar-refractivity contribution < 1.29 is 14.6 Å². The van der Waals surface area contributed by atoms with E-state index in [2.05, 4.69) is 10.3 Å². The number of ether oxygens (including phenoxy) is 1. The predicted octanol–water partition coefficient (Wildman–Crippen LogP) is 3.85. The lowest BCUT2D eigenvalue weighted by Crippen LogP contribution is -2.32. The van der Waals surface area contributed by atoms with Crippen LogP contribution in [0, 0.1) is 13.8 Å². The van der Waals surface area contributed by atoms with E-state index in [0.29, 0.717) is 12.2 Å². The maximum atomic E-state index is 12.4. The van der Waals surface area contributed by atoms with Crippen LogP contribution < -0.4 is 10.1 Å². The summed E-state index contributed by atoms with van der Waals surface area (Å²) in [7, 11) is 0. The second-order valence-electron chi connectivity index (χ2n) is 5.27. The van der Waals surface area contributed by atoms with Crippen LogP contribution >= 0.6 is 11.6 Å². The molecule has 2 aromatic rings. The Labute approximate surface area is 140 Å². The van der Waals surface area contributed by atoms with Gasteiger partial charge >= 0.3 is 0 Å². The number of aryl methyl sites for hydroxylation is 2. The fourth-order valence-electron chi connectivity index (χ4n) is 2.12. The molecule has 5 nitrogen and oxygen atoms in total. The molecule has 1 amide bonds. The summed E-state index contributed by atoms with van der Waals surface area (Å²) in [5.41, 5.74) is 2.08. The molecule has 0 spiro atoms. The maximum absolute atomic E-state index is 12.4. The van der Waals surface area contributed by atoms with Crippen molar-refractivity contribution in [2.45, 2.75) is 33.3 Å². The summed E-state index contributed by atoms with van der Waals surface area (Å²) < 4.78 is 5.80. The molecule has 0 aliphatic heterocycles. The largest absolute Gasteiger partial charge is 0.504 e. The highest BCUT2D eigenvalue weighted by Crippen LogP contribution is 2.24. The van der Waals surface area contributed by atoms with E-state index in [4.69, 9.17) is 16.3 Å². The Morgan fingerprint density at radius 1 is 1.35 bits per heavy atom. The smallest absolute Gasteiger partial charge is 0.266 e. The highest BCUT2D eigenvalue weighted by molar-refractivity contribution is 6.29. The van der Waals surface area contributed by atoms with Gasteiger partial charge < -0.3 is 15.2 Å². The summed E-state index contributed by atoms with van der Waals surface area (Å²) in [6, 6.07) is 8.57. The van der Waals surface area contributed by atoms with Crippen LogP contribution in [-0.4, -0.2) is 22.1 Å². The number of pyridine rings is 1. The molecular formula is C17H19ClN2O3. The first-order valence-electron chi connectivity index (χ1n) is 7.31. The summed E-state index contributed by atoms with van der Waals surface area (Å²) in [5.74, 6) is 0.132. The number of carbonyl (C=O) groups excluding carboxylic acids is 1. The van der Waals surface area contributed by atoms with Crippen LogP contribution in [-0.2, 0) is 4.79 Å². The van der Waals surface area contributed by atoms with Crippen LogP contribution in [0.5, 0.6) is 11.5 Å². The maximum Gasteiger partial charge on any atom is 0.266 e. The molecule has 2 rings (SSSR count). The number of hydrogen-bond donors (Lipinski definition) is 2. The lowest BCUT2D eigenvalue weighted by molar-refractivity contribution is -0.122. The first-order chi connectivity index (χ1) is 10.9. The summed E-state index contributed by atoms with van der Waals surface area (Å²) in [6.45, 7) is 5.77. The molecule has 1 unspecified atom stereocenters. The van der Waals surface area contributed by atoms with E-state index in [1.165, 1.54) is 12.1 Å². The zero-order chi connectivity index (χ0) is 17.0. The highest BCUT2D eigenvalue weighted by atomic mass is 35.5. The number of aromatic hydroxyl groups is 1. The summed E-state index contributed by atoms with van der Waals surface area (Å²) >= 11 is 5.77. The van der Waals surface area contributed by atoms with Gasteiger partial charge in [0.2, 0.25) is 0 Å². The fourth-order valence-corrected chi connectivity index (χ4v) is 2.27. The van der Waals surface area contributed by atoms with E-state index >= 15 is 0 Å². The Morgan fingerprint density at radius 3 is 2.74 bits per heavy atom. The standard InChI is InChI=1S/C17H19ClN2O3/c1-4-13(23-14-7-5-10(2)9-11(14)3)17(22)20-16-12(21)6-8-15(18)19-16/h5-9,13,21H,4H2,1-3H3,(H,19,20,22). The Hall–Kier alpha value is -2.27. The van der Waals surface area contributed by atoms with Crippen LogP contribution in [0.2, 0.25) is 5.15 Å². The fraction of sp³-hybridized carbons (Fsp3) is 0.294. The van der Waals surface area contributed by atoms with Crippen LogP contribution in [0.25, 0.3) is 0 Å². The third kappa shape index (κ3) is 4.36. The van der Waals surface area contributed by atoms with Gasteiger partial charge in [-0.1, -0.05) is 36.2 Å². The van der Waals surface area contributed by atoms with Crippen molar-refractivity contribution in [3.63, 3.8) is 0 Å². The zero-order valence-electron chi connectivity index (χ0n) is 13.3. The second kappa shape index (κ2) is 7.33. The van der Waals surface area contributed by atoms with Crippen molar-refractivity contribution in [3.05, 3.63) is 46.6 Å². The lowest BCUT2D eigenvalue weighted by atomic mass is 10.1. The lowest BCUT2D eigenvalue weighted by Gasteiger charge is -2.19. The quantitative estimate of drug-likeness (QED) is 0.815. The minimum Gasteiger partial charge on any atom is -0.504 e. The molecule has 0 radical (unpaired) electrons. The predicted molar refractivity (Wildman–Crippen MR) is 90.2 cm³/mol. The Morgan fingerprint density at radius 2 is 2.09 bits per heavy atom. The monoisotopic (exact) mass is 334 g/mol. The van der Waals surface area contributed by atoms with Crippen molar-refractivity contribution in [2.75, 3.05) is 5.32 Å². The van der Waals surface area contributed by atoms with Gasteiger partial charge in [-0.2, -0.15) is 0 Å². The van der Waals surface area contributed by atoms with Gasteiger partial charge in [0.05, 0.1) is 0 Å². The average Bonchev–Trinajstić information content (AvgIpc) is 2.50. The van der Waals surface area contributed by atoms with E-state index in [-0.39, 0.29) is 16.7 Å². The number of rotatable bonds is 5. The second-order valence-corrected chi connectivity index (χ2v) is 5.66. The molecule has 0 saturated carbocycles. The van der Waals surface area contributed by atoms with E-state index in [0.717, 1.165) is 11.1 Å². The van der Waals surface area contributed by atoms with Crippen LogP contribution in [0.15, 0.2) is 30.3 Å². The Kier molecular flexibility index (Phi) is 5.45. The van der Waals surface area contributed by atoms with Crippen LogP contribution in [0.3, 0.4) is 0 Å². The Balaban J connectivity index is 2.13. The average molecular weight is 335 g/mol. The number of aromatic nitrogens is 1. The van der Waals surface area contributed by atoms with Gasteiger partial charge in [-0.15, -0.1) is 0 Å². The van der Waals surface area contributed by atoms with Crippen LogP contribution in [0.4, 0.5) is 5.82 Å². The molecule has 2 N–H and O–H groups in total. The van der Waals surface area contributed by atoms with E-state index < -0.39 is 12.0 Å². The number of amides is 1. The number of anilines is 1. The molecule has 1 aromatic heterocycles. The SMILES string of the molecule is CCC(Oc1ccc(C)cc1C)C(=O)Nc1nc(Cl)ccc1O. The summed E-state index contributed by atoms with van der Waals surface area (Å²) in [5, 5.41) is 12.5. The minimum absolute atomic E-state index is 0.0187. The third-order valence-corrected chi connectivity index (χ3v) is 3.55. The van der Waals surface area contributed by atoms with E-state index in [1.807, 2.05) is 39.0 Å². The molecule has 1 aromatic carbocycles. The first kappa shape index (κ1) is 17.1. The number of nitrogens with zero attached hydrogens (tertiary/aromatic N) is 1. The minimum atomic E-state index is -0.698. The van der Waals surface area contributed by atoms with Gasteiger partial charge in [-0.3, -0.25) is 4.79 Å². The number of nitrogens with one attached hydrogen (secondary N) is 1.